The lowest BCUT2D eigenvalue weighted by Gasteiger charge is -2.17. The fraction of sp³-hybridized carbons (Fsp3) is 0.471. The van der Waals surface area contributed by atoms with E-state index in [1.807, 2.05) is 13.1 Å². The third-order valence-corrected chi connectivity index (χ3v) is 4.44. The van der Waals surface area contributed by atoms with Gasteiger partial charge >= 0.3 is 0 Å². The zero-order valence-corrected chi connectivity index (χ0v) is 12.7. The quantitative estimate of drug-likeness (QED) is 0.908. The monoisotopic (exact) mass is 285 g/mol. The molecule has 0 amide bonds. The van der Waals surface area contributed by atoms with Crippen LogP contribution in [0.3, 0.4) is 0 Å². The van der Waals surface area contributed by atoms with Crippen LogP contribution in [0.25, 0.3) is 11.3 Å². The first-order valence-electron chi connectivity index (χ1n) is 7.63. The van der Waals surface area contributed by atoms with Crippen LogP contribution in [0.1, 0.15) is 24.5 Å². The number of hydrogen-bond donors (Lipinski definition) is 2. The maximum absolute atomic E-state index is 9.71. The minimum absolute atomic E-state index is 0.212. The summed E-state index contributed by atoms with van der Waals surface area (Å²) in [5.41, 5.74) is 4.78. The summed E-state index contributed by atoms with van der Waals surface area (Å²) in [6, 6.07) is 8.52. The Hall–Kier alpha value is -1.65. The molecule has 0 aliphatic carbocycles. The summed E-state index contributed by atoms with van der Waals surface area (Å²) in [6.45, 7) is 6.90. The molecule has 2 N–H and O–H groups in total. The van der Waals surface area contributed by atoms with Crippen LogP contribution in [0.15, 0.2) is 30.5 Å². The Morgan fingerprint density at radius 2 is 2.14 bits per heavy atom. The van der Waals surface area contributed by atoms with Gasteiger partial charge in [0.15, 0.2) is 0 Å². The van der Waals surface area contributed by atoms with Crippen molar-refractivity contribution in [1.82, 2.24) is 15.1 Å². The van der Waals surface area contributed by atoms with E-state index < -0.39 is 0 Å². The molecule has 1 aromatic heterocycles. The van der Waals surface area contributed by atoms with E-state index in [2.05, 4.69) is 46.3 Å². The molecule has 21 heavy (non-hydrogen) atoms. The van der Waals surface area contributed by atoms with Crippen LogP contribution in [-0.2, 0) is 6.54 Å². The Morgan fingerprint density at radius 3 is 2.81 bits per heavy atom. The molecule has 3 rings (SSSR count). The van der Waals surface area contributed by atoms with Crippen LogP contribution in [-0.4, -0.2) is 39.4 Å². The van der Waals surface area contributed by atoms with Gasteiger partial charge in [0.05, 0.1) is 18.0 Å². The molecule has 1 aromatic carbocycles. The summed E-state index contributed by atoms with van der Waals surface area (Å²) in [5, 5.41) is 17.0. The lowest BCUT2D eigenvalue weighted by Crippen LogP contribution is -2.24. The average molecular weight is 285 g/mol. The Labute approximate surface area is 125 Å². The molecule has 112 valence electrons. The number of aliphatic hydroxyl groups excluding tert-OH is 1. The summed E-state index contributed by atoms with van der Waals surface area (Å²) >= 11 is 0. The third kappa shape index (κ3) is 3.17. The molecule has 0 spiro atoms. The zero-order valence-electron chi connectivity index (χ0n) is 12.7. The van der Waals surface area contributed by atoms with Crippen LogP contribution in [0.4, 0.5) is 0 Å². The smallest absolute Gasteiger partial charge is 0.0695 e. The number of H-pyrrole nitrogens is 1. The Kier molecular flexibility index (Phi) is 4.08. The lowest BCUT2D eigenvalue weighted by atomic mass is 10.0. The van der Waals surface area contributed by atoms with E-state index in [1.54, 1.807) is 0 Å². The fourth-order valence-electron chi connectivity index (χ4n) is 3.04. The van der Waals surface area contributed by atoms with Crippen LogP contribution in [0, 0.1) is 12.8 Å². The number of aromatic amines is 1. The highest BCUT2D eigenvalue weighted by atomic mass is 16.3. The van der Waals surface area contributed by atoms with Crippen molar-refractivity contribution in [2.45, 2.75) is 32.9 Å². The van der Waals surface area contributed by atoms with Gasteiger partial charge in [-0.2, -0.15) is 5.10 Å². The molecule has 0 saturated carbocycles. The molecule has 2 unspecified atom stereocenters. The standard InChI is InChI=1S/C17H23N3O/c1-12-3-5-14(6-4-12)17-16(9-18-19-17)11-20-8-7-15(10-20)13(2)21/h3-6,9,13,15,21H,7-8,10-11H2,1-2H3,(H,18,19). The van der Waals surface area contributed by atoms with Crippen molar-refractivity contribution in [3.05, 3.63) is 41.6 Å². The third-order valence-electron chi connectivity index (χ3n) is 4.44. The topological polar surface area (TPSA) is 52.2 Å². The predicted octanol–water partition coefficient (Wildman–Crippen LogP) is 2.59. The Morgan fingerprint density at radius 1 is 1.38 bits per heavy atom. The summed E-state index contributed by atoms with van der Waals surface area (Å²) in [7, 11) is 0. The molecule has 2 atom stereocenters. The van der Waals surface area contributed by atoms with Crippen LogP contribution >= 0.6 is 0 Å². The normalized spacial score (nSPS) is 20.8. The highest BCUT2D eigenvalue weighted by molar-refractivity contribution is 5.62. The predicted molar refractivity (Wildman–Crippen MR) is 83.8 cm³/mol. The minimum atomic E-state index is -0.212. The summed E-state index contributed by atoms with van der Waals surface area (Å²) in [5.74, 6) is 0.403. The van der Waals surface area contributed by atoms with Crippen molar-refractivity contribution in [1.29, 1.82) is 0 Å². The number of likely N-dealkylation sites (tertiary alicyclic amines) is 1. The van der Waals surface area contributed by atoms with Gasteiger partial charge in [-0.25, -0.2) is 0 Å². The summed E-state index contributed by atoms with van der Waals surface area (Å²) in [6.07, 6.45) is 2.79. The number of benzene rings is 1. The van der Waals surface area contributed by atoms with Crippen LogP contribution < -0.4 is 0 Å². The van der Waals surface area contributed by atoms with Crippen molar-refractivity contribution in [2.75, 3.05) is 13.1 Å². The molecule has 4 nitrogen and oxygen atoms in total. The van der Waals surface area contributed by atoms with E-state index >= 15 is 0 Å². The van der Waals surface area contributed by atoms with Gasteiger partial charge in [-0.3, -0.25) is 10.00 Å². The highest BCUT2D eigenvalue weighted by Crippen LogP contribution is 2.26. The SMILES string of the molecule is Cc1ccc(-c2[nH]ncc2CN2CCC(C(C)O)C2)cc1. The second-order valence-corrected chi connectivity index (χ2v) is 6.16. The average Bonchev–Trinajstić information content (AvgIpc) is 3.10. The molecule has 2 aromatic rings. The number of aromatic nitrogens is 2. The minimum Gasteiger partial charge on any atom is -0.393 e. The molecule has 1 saturated heterocycles. The molecule has 1 aliphatic heterocycles. The number of nitrogens with zero attached hydrogens (tertiary/aromatic N) is 2. The first-order chi connectivity index (χ1) is 10.1. The van der Waals surface area contributed by atoms with Gasteiger partial charge in [-0.1, -0.05) is 29.8 Å². The second-order valence-electron chi connectivity index (χ2n) is 6.16. The number of aryl methyl sites for hydroxylation is 1. The van der Waals surface area contributed by atoms with Gasteiger partial charge in [-0.05, 0) is 38.3 Å². The molecule has 2 heterocycles. The number of aliphatic hydroxyl groups is 1. The molecule has 0 radical (unpaired) electrons. The van der Waals surface area contributed by atoms with E-state index in [9.17, 15) is 5.11 Å². The van der Waals surface area contributed by atoms with Crippen molar-refractivity contribution in [2.24, 2.45) is 5.92 Å². The van der Waals surface area contributed by atoms with Gasteiger partial charge < -0.3 is 5.11 Å². The molecule has 0 bridgehead atoms. The maximum Gasteiger partial charge on any atom is 0.0695 e. The molecule has 4 heteroatoms. The zero-order chi connectivity index (χ0) is 14.8. The van der Waals surface area contributed by atoms with E-state index in [1.165, 1.54) is 16.7 Å². The maximum atomic E-state index is 9.71. The number of nitrogens with one attached hydrogen (secondary N) is 1. The molecule has 1 aliphatic rings. The first kappa shape index (κ1) is 14.3. The molecular weight excluding hydrogens is 262 g/mol. The molecular formula is C17H23N3O. The van der Waals surface area contributed by atoms with Crippen LogP contribution in [0.5, 0.6) is 0 Å². The van der Waals surface area contributed by atoms with E-state index in [4.69, 9.17) is 0 Å². The van der Waals surface area contributed by atoms with E-state index in [-0.39, 0.29) is 6.10 Å². The number of rotatable bonds is 4. The molecule has 1 fully saturated rings. The van der Waals surface area contributed by atoms with Crippen molar-refractivity contribution < 1.29 is 5.11 Å². The van der Waals surface area contributed by atoms with Gasteiger partial charge in [0.1, 0.15) is 0 Å². The Balaban J connectivity index is 1.73. The van der Waals surface area contributed by atoms with E-state index in [0.717, 1.165) is 31.7 Å². The fourth-order valence-corrected chi connectivity index (χ4v) is 3.04. The summed E-state index contributed by atoms with van der Waals surface area (Å²) in [4.78, 5) is 2.40. The number of hydrogen-bond acceptors (Lipinski definition) is 3. The van der Waals surface area contributed by atoms with Crippen molar-refractivity contribution >= 4 is 0 Å². The second kappa shape index (κ2) is 6.00. The Bertz CT molecular complexity index is 588. The largest absolute Gasteiger partial charge is 0.393 e. The summed E-state index contributed by atoms with van der Waals surface area (Å²) < 4.78 is 0. The van der Waals surface area contributed by atoms with Crippen molar-refractivity contribution in [3.8, 4) is 11.3 Å². The first-order valence-corrected chi connectivity index (χ1v) is 7.63. The van der Waals surface area contributed by atoms with Crippen LogP contribution in [0.2, 0.25) is 0 Å². The lowest BCUT2D eigenvalue weighted by molar-refractivity contribution is 0.127. The van der Waals surface area contributed by atoms with Gasteiger partial charge in [0, 0.05) is 18.7 Å². The van der Waals surface area contributed by atoms with Gasteiger partial charge in [0.2, 0.25) is 0 Å². The van der Waals surface area contributed by atoms with Gasteiger partial charge in [-0.15, -0.1) is 0 Å². The van der Waals surface area contributed by atoms with Gasteiger partial charge in [0.25, 0.3) is 0 Å². The van der Waals surface area contributed by atoms with Crippen molar-refractivity contribution in [3.63, 3.8) is 0 Å². The van der Waals surface area contributed by atoms with E-state index in [0.29, 0.717) is 5.92 Å². The highest BCUT2D eigenvalue weighted by Gasteiger charge is 2.26.